The number of rotatable bonds is 6. The number of carbonyl (C=O) groups excluding carboxylic acids is 2. The van der Waals surface area contributed by atoms with E-state index in [9.17, 15) is 9.59 Å². The van der Waals surface area contributed by atoms with Gasteiger partial charge in [0.1, 0.15) is 5.15 Å². The third-order valence-electron chi connectivity index (χ3n) is 4.24. The molecule has 0 atom stereocenters. The Morgan fingerprint density at radius 2 is 2.00 bits per heavy atom. The molecule has 0 spiro atoms. The second-order valence-corrected chi connectivity index (χ2v) is 7.01. The Bertz CT molecular complexity index is 614. The maximum atomic E-state index is 12.6. The van der Waals surface area contributed by atoms with Crippen LogP contribution in [0.2, 0.25) is 5.15 Å². The molecule has 1 amide bonds. The molecule has 0 saturated heterocycles. The van der Waals surface area contributed by atoms with Gasteiger partial charge in [0.25, 0.3) is 5.91 Å². The van der Waals surface area contributed by atoms with Gasteiger partial charge in [-0.15, -0.1) is 0 Å². The molecule has 1 fully saturated rings. The smallest absolute Gasteiger partial charge is 0.308 e. The standard InChI is InChI=1S/C18H26ClN3O3/c1-4-25-18(24)12-5-7-13(8-6-12)22-17(23)14-10-20-16(19)9-15(14)21-11(2)3/h9-13H,4-8H2,1-3H3,(H,20,21)(H,22,23). The molecule has 0 aliphatic heterocycles. The number of aromatic nitrogens is 1. The van der Waals surface area contributed by atoms with Crippen LogP contribution in [-0.4, -0.2) is 35.6 Å². The average Bonchev–Trinajstić information content (AvgIpc) is 2.55. The third-order valence-corrected chi connectivity index (χ3v) is 4.45. The van der Waals surface area contributed by atoms with E-state index in [0.717, 1.165) is 25.7 Å². The molecule has 1 aromatic rings. The first-order chi connectivity index (χ1) is 11.9. The Kier molecular flexibility index (Phi) is 7.05. The van der Waals surface area contributed by atoms with Crippen molar-refractivity contribution in [2.75, 3.05) is 11.9 Å². The zero-order valence-electron chi connectivity index (χ0n) is 15.0. The molecule has 7 heteroatoms. The quantitative estimate of drug-likeness (QED) is 0.595. The highest BCUT2D eigenvalue weighted by atomic mass is 35.5. The highest BCUT2D eigenvalue weighted by Crippen LogP contribution is 2.26. The van der Waals surface area contributed by atoms with E-state index in [0.29, 0.717) is 23.0 Å². The number of halogens is 1. The van der Waals surface area contributed by atoms with Crippen LogP contribution in [0.5, 0.6) is 0 Å². The summed E-state index contributed by atoms with van der Waals surface area (Å²) in [5.74, 6) is -0.354. The van der Waals surface area contributed by atoms with Crippen molar-refractivity contribution in [3.8, 4) is 0 Å². The van der Waals surface area contributed by atoms with Gasteiger partial charge in [0, 0.05) is 18.3 Å². The number of nitrogens with one attached hydrogen (secondary N) is 2. The first kappa shape index (κ1) is 19.5. The molecule has 0 unspecified atom stereocenters. The summed E-state index contributed by atoms with van der Waals surface area (Å²) < 4.78 is 5.08. The number of pyridine rings is 1. The van der Waals surface area contributed by atoms with Crippen molar-refractivity contribution >= 4 is 29.2 Å². The fraction of sp³-hybridized carbons (Fsp3) is 0.611. The third kappa shape index (κ3) is 5.59. The van der Waals surface area contributed by atoms with Gasteiger partial charge in [-0.25, -0.2) is 4.98 Å². The lowest BCUT2D eigenvalue weighted by Crippen LogP contribution is -2.39. The molecular weight excluding hydrogens is 342 g/mol. The van der Waals surface area contributed by atoms with Gasteiger partial charge in [0.2, 0.25) is 0 Å². The van der Waals surface area contributed by atoms with Crippen LogP contribution in [0.1, 0.15) is 56.8 Å². The summed E-state index contributed by atoms with van der Waals surface area (Å²) in [5, 5.41) is 6.61. The van der Waals surface area contributed by atoms with E-state index < -0.39 is 0 Å². The van der Waals surface area contributed by atoms with E-state index in [1.165, 1.54) is 6.20 Å². The molecular formula is C18H26ClN3O3. The number of amides is 1. The van der Waals surface area contributed by atoms with E-state index in [4.69, 9.17) is 16.3 Å². The van der Waals surface area contributed by atoms with Crippen LogP contribution in [0.15, 0.2) is 12.3 Å². The van der Waals surface area contributed by atoms with Gasteiger partial charge in [0.15, 0.2) is 0 Å². The lowest BCUT2D eigenvalue weighted by molar-refractivity contribution is -0.149. The number of nitrogens with zero attached hydrogens (tertiary/aromatic N) is 1. The van der Waals surface area contributed by atoms with Crippen LogP contribution in [0, 0.1) is 5.92 Å². The molecule has 6 nitrogen and oxygen atoms in total. The van der Waals surface area contributed by atoms with Gasteiger partial charge in [-0.05, 0) is 52.5 Å². The number of carbonyl (C=O) groups is 2. The van der Waals surface area contributed by atoms with Crippen LogP contribution < -0.4 is 10.6 Å². The normalized spacial score (nSPS) is 20.2. The summed E-state index contributed by atoms with van der Waals surface area (Å²) in [7, 11) is 0. The van der Waals surface area contributed by atoms with Gasteiger partial charge in [-0.1, -0.05) is 11.6 Å². The van der Waals surface area contributed by atoms with Crippen molar-refractivity contribution in [2.45, 2.75) is 58.5 Å². The molecule has 1 aromatic heterocycles. The summed E-state index contributed by atoms with van der Waals surface area (Å²) in [4.78, 5) is 28.4. The van der Waals surface area contributed by atoms with E-state index in [-0.39, 0.29) is 29.9 Å². The van der Waals surface area contributed by atoms with E-state index >= 15 is 0 Å². The Hall–Kier alpha value is -1.82. The first-order valence-electron chi connectivity index (χ1n) is 8.80. The van der Waals surface area contributed by atoms with Gasteiger partial charge in [-0.2, -0.15) is 0 Å². The number of ether oxygens (including phenoxy) is 1. The van der Waals surface area contributed by atoms with Crippen LogP contribution in [0.3, 0.4) is 0 Å². The monoisotopic (exact) mass is 367 g/mol. The minimum absolute atomic E-state index is 0.0523. The fourth-order valence-electron chi connectivity index (χ4n) is 3.04. The summed E-state index contributed by atoms with van der Waals surface area (Å²) >= 11 is 5.94. The second kappa shape index (κ2) is 9.04. The fourth-order valence-corrected chi connectivity index (χ4v) is 3.20. The van der Waals surface area contributed by atoms with E-state index in [2.05, 4.69) is 15.6 Å². The zero-order valence-corrected chi connectivity index (χ0v) is 15.7. The number of anilines is 1. The molecule has 25 heavy (non-hydrogen) atoms. The molecule has 1 heterocycles. The highest BCUT2D eigenvalue weighted by molar-refractivity contribution is 6.29. The molecule has 1 saturated carbocycles. The number of hydrogen-bond acceptors (Lipinski definition) is 5. The molecule has 1 aliphatic carbocycles. The molecule has 2 rings (SSSR count). The molecule has 0 bridgehead atoms. The van der Waals surface area contributed by atoms with Crippen molar-refractivity contribution in [3.63, 3.8) is 0 Å². The first-order valence-corrected chi connectivity index (χ1v) is 9.18. The second-order valence-electron chi connectivity index (χ2n) is 6.63. The summed E-state index contributed by atoms with van der Waals surface area (Å²) in [6.07, 6.45) is 4.50. The summed E-state index contributed by atoms with van der Waals surface area (Å²) in [6, 6.07) is 1.89. The van der Waals surface area contributed by atoms with Crippen LogP contribution in [0.25, 0.3) is 0 Å². The maximum Gasteiger partial charge on any atom is 0.308 e. The molecule has 0 aromatic carbocycles. The summed E-state index contributed by atoms with van der Waals surface area (Å²) in [6.45, 7) is 6.21. The zero-order chi connectivity index (χ0) is 18.4. The van der Waals surface area contributed by atoms with E-state index in [1.54, 1.807) is 6.07 Å². The van der Waals surface area contributed by atoms with Crippen LogP contribution >= 0.6 is 11.6 Å². The van der Waals surface area contributed by atoms with Gasteiger partial charge in [0.05, 0.1) is 23.8 Å². The molecule has 1 aliphatic rings. The number of esters is 1. The lowest BCUT2D eigenvalue weighted by atomic mass is 9.86. The highest BCUT2D eigenvalue weighted by Gasteiger charge is 2.28. The lowest BCUT2D eigenvalue weighted by Gasteiger charge is -2.28. The SMILES string of the molecule is CCOC(=O)C1CCC(NC(=O)c2cnc(Cl)cc2NC(C)C)CC1. The van der Waals surface area contributed by atoms with Crippen molar-refractivity contribution < 1.29 is 14.3 Å². The Balaban J connectivity index is 1.96. The van der Waals surface area contributed by atoms with E-state index in [1.807, 2.05) is 20.8 Å². The Morgan fingerprint density at radius 1 is 1.32 bits per heavy atom. The van der Waals surface area contributed by atoms with Crippen LogP contribution in [0.4, 0.5) is 5.69 Å². The maximum absolute atomic E-state index is 12.6. The molecule has 2 N–H and O–H groups in total. The van der Waals surface area contributed by atoms with Crippen molar-refractivity contribution in [1.29, 1.82) is 0 Å². The van der Waals surface area contributed by atoms with Gasteiger partial charge >= 0.3 is 5.97 Å². The van der Waals surface area contributed by atoms with Crippen molar-refractivity contribution in [1.82, 2.24) is 10.3 Å². The topological polar surface area (TPSA) is 80.3 Å². The Morgan fingerprint density at radius 3 is 2.60 bits per heavy atom. The summed E-state index contributed by atoms with van der Waals surface area (Å²) in [5.41, 5.74) is 1.15. The van der Waals surface area contributed by atoms with Gasteiger partial charge in [-0.3, -0.25) is 9.59 Å². The largest absolute Gasteiger partial charge is 0.466 e. The minimum atomic E-state index is -0.174. The van der Waals surface area contributed by atoms with Crippen LogP contribution in [-0.2, 0) is 9.53 Å². The average molecular weight is 368 g/mol. The Labute approximate surface area is 153 Å². The predicted octanol–water partition coefficient (Wildman–Crippen LogP) is 3.41. The molecule has 0 radical (unpaired) electrons. The van der Waals surface area contributed by atoms with Crippen molar-refractivity contribution in [3.05, 3.63) is 23.0 Å². The van der Waals surface area contributed by atoms with Crippen molar-refractivity contribution in [2.24, 2.45) is 5.92 Å². The predicted molar refractivity (Wildman–Crippen MR) is 97.9 cm³/mol. The minimum Gasteiger partial charge on any atom is -0.466 e. The molecule has 138 valence electrons. The number of hydrogen-bond donors (Lipinski definition) is 2. The van der Waals surface area contributed by atoms with Gasteiger partial charge < -0.3 is 15.4 Å².